The van der Waals surface area contributed by atoms with E-state index in [1.165, 1.54) is 12.8 Å². The van der Waals surface area contributed by atoms with Gasteiger partial charge in [0.15, 0.2) is 0 Å². The van der Waals surface area contributed by atoms with Crippen LogP contribution in [-0.4, -0.2) is 73.1 Å². The van der Waals surface area contributed by atoms with E-state index in [2.05, 4.69) is 71.0 Å². The Kier molecular flexibility index (Phi) is 9.66. The zero-order valence-corrected chi connectivity index (χ0v) is 32.6. The van der Waals surface area contributed by atoms with Gasteiger partial charge in [0, 0.05) is 25.3 Å². The lowest BCUT2D eigenvalue weighted by Crippen LogP contribution is -2.66. The third kappa shape index (κ3) is 6.41. The lowest BCUT2D eigenvalue weighted by molar-refractivity contribution is -0.0746. The van der Waals surface area contributed by atoms with Crippen LogP contribution < -0.4 is 10.6 Å². The molecule has 6 rings (SSSR count). The Morgan fingerprint density at radius 2 is 1.68 bits per heavy atom. The van der Waals surface area contributed by atoms with E-state index >= 15 is 0 Å². The van der Waals surface area contributed by atoms with Crippen LogP contribution in [0, 0.1) is 18.8 Å². The molecule has 0 spiro atoms. The van der Waals surface area contributed by atoms with Gasteiger partial charge in [-0.2, -0.15) is 4.98 Å². The molecule has 258 valence electrons. The summed E-state index contributed by atoms with van der Waals surface area (Å²) in [7, 11) is -5.58. The van der Waals surface area contributed by atoms with Gasteiger partial charge in [0.25, 0.3) is 0 Å². The van der Waals surface area contributed by atoms with E-state index in [9.17, 15) is 5.11 Å². The number of nitrogens with one attached hydrogen (secondary N) is 2. The van der Waals surface area contributed by atoms with Crippen molar-refractivity contribution in [1.82, 2.24) is 19.9 Å². The minimum Gasteiger partial charge on any atom is -0.414 e. The molecule has 3 fully saturated rings. The number of hydrogen-bond donors (Lipinski definition) is 3. The summed E-state index contributed by atoms with van der Waals surface area (Å²) in [5.41, 5.74) is 2.20. The van der Waals surface area contributed by atoms with Gasteiger partial charge in [0.1, 0.15) is 21.9 Å². The van der Waals surface area contributed by atoms with Crippen molar-refractivity contribution in [2.75, 3.05) is 23.8 Å². The summed E-state index contributed by atoms with van der Waals surface area (Å²) < 4.78 is 22.9. The van der Waals surface area contributed by atoms with Crippen molar-refractivity contribution in [3.05, 3.63) is 24.2 Å². The van der Waals surface area contributed by atoms with Gasteiger partial charge < -0.3 is 28.7 Å². The van der Waals surface area contributed by atoms with Crippen LogP contribution in [-0.2, 0) is 13.0 Å². The molecule has 13 heteroatoms. The van der Waals surface area contributed by atoms with E-state index < -0.39 is 28.8 Å². The molecule has 3 N–H and O–H groups in total. The molecule has 0 unspecified atom stereocenters. The molecule has 2 saturated carbocycles. The summed E-state index contributed by atoms with van der Waals surface area (Å²) >= 11 is 1.60. The summed E-state index contributed by atoms with van der Waals surface area (Å²) in [6, 6.07) is 1.64. The first-order valence-electron chi connectivity index (χ1n) is 17.5. The van der Waals surface area contributed by atoms with Crippen LogP contribution in [0.4, 0.5) is 11.8 Å². The number of aliphatic hydroxyl groups is 1. The molecule has 2 aliphatic carbocycles. The van der Waals surface area contributed by atoms with Crippen molar-refractivity contribution < 1.29 is 18.1 Å². The van der Waals surface area contributed by atoms with E-state index in [-0.39, 0.29) is 34.1 Å². The number of fused-ring (bicyclic) bond motifs is 2. The maximum absolute atomic E-state index is 12.5. The second kappa shape index (κ2) is 13.0. The van der Waals surface area contributed by atoms with Gasteiger partial charge in [-0.3, -0.25) is 4.98 Å². The fraction of sp³-hybridized carbons (Fsp3) is 0.706. The van der Waals surface area contributed by atoms with Crippen molar-refractivity contribution >= 4 is 50.4 Å². The van der Waals surface area contributed by atoms with Crippen LogP contribution in [0.3, 0.4) is 0 Å². The molecule has 10 nitrogen and oxygen atoms in total. The molecule has 0 radical (unpaired) electrons. The summed E-state index contributed by atoms with van der Waals surface area (Å²) in [5, 5.41) is 20.6. The topological polar surface area (TPSA) is 124 Å². The second-order valence-corrected chi connectivity index (χ2v) is 25.4. The molecular formula is C34H54N6O4SSi2. The third-order valence-electron chi connectivity index (χ3n) is 10.7. The number of hydrogen-bond acceptors (Lipinski definition) is 11. The quantitative estimate of drug-likeness (QED) is 0.181. The molecule has 3 aromatic heterocycles. The van der Waals surface area contributed by atoms with Crippen LogP contribution in [0.5, 0.6) is 0 Å². The predicted molar refractivity (Wildman–Crippen MR) is 194 cm³/mol. The highest BCUT2D eigenvalue weighted by Crippen LogP contribution is 2.51. The zero-order valence-electron chi connectivity index (χ0n) is 29.8. The molecule has 4 heterocycles. The van der Waals surface area contributed by atoms with Crippen molar-refractivity contribution in [3.63, 3.8) is 0 Å². The highest BCUT2D eigenvalue weighted by Gasteiger charge is 2.63. The maximum Gasteiger partial charge on any atom is 0.335 e. The van der Waals surface area contributed by atoms with Gasteiger partial charge in [-0.05, 0) is 67.3 Å². The van der Waals surface area contributed by atoms with Crippen LogP contribution in [0.15, 0.2) is 18.5 Å². The molecule has 4 atom stereocenters. The fourth-order valence-corrected chi connectivity index (χ4v) is 20.1. The SMILES string of the molecule is Cc1nc(NCC2CC2)nc(N[C@@H]2C[C@@H]3CO[Si](C(C)C)(C(C)C)O[Si](C(C)C)(C(C)C)O[C@H]3[C@@]2(C)O)c1-c1nc2cnccc2s1. The number of aromatic nitrogens is 4. The van der Waals surface area contributed by atoms with Crippen molar-refractivity contribution in [3.8, 4) is 10.6 Å². The molecule has 1 saturated heterocycles. The van der Waals surface area contributed by atoms with E-state index in [0.29, 0.717) is 30.7 Å². The van der Waals surface area contributed by atoms with Gasteiger partial charge in [0.2, 0.25) is 5.95 Å². The Bertz CT molecular complexity index is 1530. The highest BCUT2D eigenvalue weighted by molar-refractivity contribution is 7.21. The van der Waals surface area contributed by atoms with Crippen molar-refractivity contribution in [2.45, 2.75) is 128 Å². The van der Waals surface area contributed by atoms with E-state index in [0.717, 1.165) is 33.0 Å². The molecule has 1 aliphatic heterocycles. The van der Waals surface area contributed by atoms with E-state index in [1.54, 1.807) is 23.7 Å². The summed E-state index contributed by atoms with van der Waals surface area (Å²) in [4.78, 5) is 19.1. The van der Waals surface area contributed by atoms with Gasteiger partial charge in [-0.15, -0.1) is 11.3 Å². The molecule has 47 heavy (non-hydrogen) atoms. The average molecular weight is 699 g/mol. The molecule has 0 amide bonds. The van der Waals surface area contributed by atoms with Gasteiger partial charge in [-0.1, -0.05) is 55.4 Å². The Morgan fingerprint density at radius 3 is 2.30 bits per heavy atom. The molecule has 0 bridgehead atoms. The van der Waals surface area contributed by atoms with Crippen LogP contribution in [0.2, 0.25) is 22.2 Å². The summed E-state index contributed by atoms with van der Waals surface area (Å²) in [5.74, 6) is 1.93. The monoisotopic (exact) mass is 698 g/mol. The predicted octanol–water partition coefficient (Wildman–Crippen LogP) is 7.79. The van der Waals surface area contributed by atoms with Crippen LogP contribution in [0.25, 0.3) is 20.8 Å². The largest absolute Gasteiger partial charge is 0.414 e. The number of anilines is 2. The zero-order chi connectivity index (χ0) is 33.9. The lowest BCUT2D eigenvalue weighted by atomic mass is 9.96. The minimum atomic E-state index is -2.89. The smallest absolute Gasteiger partial charge is 0.335 e. The van der Waals surface area contributed by atoms with E-state index in [1.807, 2.05) is 19.9 Å². The van der Waals surface area contributed by atoms with Crippen molar-refractivity contribution in [1.29, 1.82) is 0 Å². The van der Waals surface area contributed by atoms with Crippen LogP contribution in [0.1, 0.15) is 87.3 Å². The maximum atomic E-state index is 12.5. The normalized spacial score (nSPS) is 27.4. The van der Waals surface area contributed by atoms with Crippen molar-refractivity contribution in [2.24, 2.45) is 11.8 Å². The Balaban J connectivity index is 1.39. The first-order valence-corrected chi connectivity index (χ1v) is 22.3. The van der Waals surface area contributed by atoms with Gasteiger partial charge in [-0.25, -0.2) is 9.97 Å². The third-order valence-corrected chi connectivity index (χ3v) is 22.0. The molecule has 3 aromatic rings. The highest BCUT2D eigenvalue weighted by atomic mass is 32.1. The summed E-state index contributed by atoms with van der Waals surface area (Å²) in [6.45, 7) is 23.1. The average Bonchev–Trinajstić information content (AvgIpc) is 3.67. The lowest BCUT2D eigenvalue weighted by Gasteiger charge is -2.52. The molecule has 0 aromatic carbocycles. The van der Waals surface area contributed by atoms with Gasteiger partial charge >= 0.3 is 17.1 Å². The Morgan fingerprint density at radius 1 is 1.00 bits per heavy atom. The van der Waals surface area contributed by atoms with Gasteiger partial charge in [0.05, 0.1) is 34.3 Å². The second-order valence-electron chi connectivity index (χ2n) is 15.5. The standard InChI is InChI=1S/C34H54N6O4SSi2/c1-19(2)46(20(3)4)42-18-25-15-28(34(10,41)30(25)43-47(44-46,21(5)6)22(7)8)39-31-29(32-38-26-17-35-14-13-27(26)45-32)23(9)37-33(40-31)36-16-24-11-12-24/h13-14,17,19-22,24-25,28,30,41H,11-12,15-16,18H2,1-10H3,(H2,36,37,39,40)/t25-,28-,30-,34+/m1/s1. The number of pyridine rings is 1. The number of rotatable bonds is 10. The number of aryl methyl sites for hydroxylation is 1. The fourth-order valence-electron chi connectivity index (χ4n) is 7.69. The Labute approximate surface area is 286 Å². The summed E-state index contributed by atoms with van der Waals surface area (Å²) in [6.07, 6.45) is 6.29. The molecule has 3 aliphatic rings. The molecular weight excluding hydrogens is 645 g/mol. The first-order chi connectivity index (χ1) is 22.2. The first kappa shape index (κ1) is 34.8. The minimum absolute atomic E-state index is 0.00692. The van der Waals surface area contributed by atoms with Crippen LogP contribution >= 0.6 is 11.3 Å². The number of thiazole rings is 1. The van der Waals surface area contributed by atoms with E-state index in [4.69, 9.17) is 27.9 Å². The Hall–Kier alpha value is -2.01. The number of nitrogens with zero attached hydrogens (tertiary/aromatic N) is 4.